The van der Waals surface area contributed by atoms with Crippen molar-refractivity contribution in [1.82, 2.24) is 4.90 Å². The molecule has 170 valence electrons. The second-order valence-electron chi connectivity index (χ2n) is 8.06. The second-order valence-corrected chi connectivity index (χ2v) is 8.06. The smallest absolute Gasteiger partial charge is 0.335 e. The number of hydrogen-bond donors (Lipinski definition) is 2. The van der Waals surface area contributed by atoms with Crippen LogP contribution < -0.4 is 10.2 Å². The first kappa shape index (κ1) is 22.3. The van der Waals surface area contributed by atoms with Gasteiger partial charge >= 0.3 is 5.97 Å². The molecule has 4 rings (SSSR count). The van der Waals surface area contributed by atoms with Crippen LogP contribution in [0.3, 0.4) is 0 Å². The van der Waals surface area contributed by atoms with Crippen LogP contribution in [0.25, 0.3) is 0 Å². The van der Waals surface area contributed by atoms with E-state index in [1.165, 1.54) is 11.6 Å². The summed E-state index contributed by atoms with van der Waals surface area (Å²) in [6.45, 7) is 5.17. The number of aliphatic imine (C=N–C) groups is 1. The first-order valence-corrected chi connectivity index (χ1v) is 10.9. The van der Waals surface area contributed by atoms with Gasteiger partial charge in [-0.25, -0.2) is 14.2 Å². The van der Waals surface area contributed by atoms with E-state index in [9.17, 15) is 14.3 Å². The summed E-state index contributed by atoms with van der Waals surface area (Å²) in [7, 11) is 0. The Hall–Kier alpha value is -3.87. The standard InChI is InChI=1S/C26H27FN4O2/c1-19-9-11-20(12-10-19)18-28-26(29-22-6-4-5-21(17-22)25(32)33)31-15-13-30(14-16-31)24-8-3-2-7-23(24)27/h2-12,17H,13-16,18H2,1H3,(H,28,29)(H,32,33). The third-order valence-corrected chi connectivity index (χ3v) is 5.67. The average Bonchev–Trinajstić information content (AvgIpc) is 2.83. The number of nitrogens with one attached hydrogen (secondary N) is 1. The van der Waals surface area contributed by atoms with Crippen molar-refractivity contribution in [2.45, 2.75) is 13.5 Å². The van der Waals surface area contributed by atoms with E-state index in [0.717, 1.165) is 5.56 Å². The number of carboxylic acids is 1. The molecule has 0 radical (unpaired) electrons. The van der Waals surface area contributed by atoms with E-state index in [1.54, 1.807) is 30.3 Å². The van der Waals surface area contributed by atoms with Crippen LogP contribution >= 0.6 is 0 Å². The third kappa shape index (κ3) is 5.68. The lowest BCUT2D eigenvalue weighted by Crippen LogP contribution is -2.51. The minimum Gasteiger partial charge on any atom is -0.478 e. The molecule has 3 aromatic rings. The maximum absolute atomic E-state index is 14.2. The van der Waals surface area contributed by atoms with E-state index in [0.29, 0.717) is 50.1 Å². The van der Waals surface area contributed by atoms with Gasteiger partial charge in [0.2, 0.25) is 0 Å². The van der Waals surface area contributed by atoms with Crippen LogP contribution in [0.4, 0.5) is 15.8 Å². The third-order valence-electron chi connectivity index (χ3n) is 5.67. The number of para-hydroxylation sites is 1. The highest BCUT2D eigenvalue weighted by atomic mass is 19.1. The van der Waals surface area contributed by atoms with Crippen molar-refractivity contribution in [3.05, 3.63) is 95.3 Å². The summed E-state index contributed by atoms with van der Waals surface area (Å²) in [6.07, 6.45) is 0. The number of hydrogen-bond acceptors (Lipinski definition) is 3. The number of piperazine rings is 1. The summed E-state index contributed by atoms with van der Waals surface area (Å²) in [5, 5.41) is 12.6. The summed E-state index contributed by atoms with van der Waals surface area (Å²) >= 11 is 0. The molecule has 0 unspecified atom stereocenters. The van der Waals surface area contributed by atoms with E-state index in [-0.39, 0.29) is 11.4 Å². The molecule has 0 aromatic heterocycles. The van der Waals surface area contributed by atoms with Crippen LogP contribution in [0.2, 0.25) is 0 Å². The van der Waals surface area contributed by atoms with Crippen molar-refractivity contribution in [2.24, 2.45) is 4.99 Å². The van der Waals surface area contributed by atoms with Gasteiger partial charge in [-0.3, -0.25) is 0 Å². The highest BCUT2D eigenvalue weighted by Crippen LogP contribution is 2.21. The number of carbonyl (C=O) groups is 1. The normalized spacial score (nSPS) is 14.3. The fourth-order valence-electron chi connectivity index (χ4n) is 3.80. The van der Waals surface area contributed by atoms with Crippen molar-refractivity contribution in [2.75, 3.05) is 36.4 Å². The van der Waals surface area contributed by atoms with Crippen molar-refractivity contribution < 1.29 is 14.3 Å². The number of halogens is 1. The van der Waals surface area contributed by atoms with Crippen LogP contribution in [0, 0.1) is 12.7 Å². The summed E-state index contributed by atoms with van der Waals surface area (Å²) in [6, 6.07) is 21.7. The van der Waals surface area contributed by atoms with Crippen LogP contribution in [0.1, 0.15) is 21.5 Å². The van der Waals surface area contributed by atoms with E-state index < -0.39 is 5.97 Å². The molecule has 0 saturated carbocycles. The van der Waals surface area contributed by atoms with Crippen LogP contribution in [0.5, 0.6) is 0 Å². The van der Waals surface area contributed by atoms with Crippen molar-refractivity contribution in [3.63, 3.8) is 0 Å². The number of nitrogens with zero attached hydrogens (tertiary/aromatic N) is 3. The number of guanidine groups is 1. The van der Waals surface area contributed by atoms with Gasteiger partial charge in [-0.05, 0) is 42.8 Å². The van der Waals surface area contributed by atoms with Gasteiger partial charge in [0.1, 0.15) is 5.82 Å². The SMILES string of the molecule is Cc1ccc(CN=C(Nc2cccc(C(=O)O)c2)N2CCN(c3ccccc3F)CC2)cc1. The number of aryl methyl sites for hydroxylation is 1. The number of carboxylic acid groups (broad SMARTS) is 1. The molecular weight excluding hydrogens is 419 g/mol. The first-order chi connectivity index (χ1) is 16.0. The Morgan fingerprint density at radius 3 is 2.42 bits per heavy atom. The van der Waals surface area contributed by atoms with Gasteiger partial charge < -0.3 is 20.2 Å². The van der Waals surface area contributed by atoms with Crippen LogP contribution in [-0.2, 0) is 6.54 Å². The Morgan fingerprint density at radius 2 is 1.73 bits per heavy atom. The van der Waals surface area contributed by atoms with Crippen molar-refractivity contribution >= 4 is 23.3 Å². The zero-order valence-electron chi connectivity index (χ0n) is 18.5. The molecule has 0 amide bonds. The first-order valence-electron chi connectivity index (χ1n) is 10.9. The fourth-order valence-corrected chi connectivity index (χ4v) is 3.80. The van der Waals surface area contributed by atoms with Gasteiger partial charge in [0.05, 0.1) is 17.8 Å². The lowest BCUT2D eigenvalue weighted by Gasteiger charge is -2.37. The Kier molecular flexibility index (Phi) is 6.88. The molecule has 1 aliphatic heterocycles. The Morgan fingerprint density at radius 1 is 1.00 bits per heavy atom. The summed E-state index contributed by atoms with van der Waals surface area (Å²) in [4.78, 5) is 20.4. The van der Waals surface area contributed by atoms with E-state index in [2.05, 4.69) is 34.5 Å². The van der Waals surface area contributed by atoms with Gasteiger partial charge in [0, 0.05) is 31.9 Å². The molecule has 1 fully saturated rings. The molecule has 2 N–H and O–H groups in total. The minimum absolute atomic E-state index is 0.210. The molecule has 1 heterocycles. The lowest BCUT2D eigenvalue weighted by molar-refractivity contribution is 0.0697. The topological polar surface area (TPSA) is 68.2 Å². The lowest BCUT2D eigenvalue weighted by atomic mass is 10.1. The Bertz CT molecular complexity index is 1140. The molecule has 3 aromatic carbocycles. The highest BCUT2D eigenvalue weighted by molar-refractivity contribution is 5.96. The molecule has 0 aliphatic carbocycles. The Labute approximate surface area is 193 Å². The zero-order chi connectivity index (χ0) is 23.2. The van der Waals surface area contributed by atoms with Crippen molar-refractivity contribution in [1.29, 1.82) is 0 Å². The Balaban J connectivity index is 1.53. The predicted molar refractivity (Wildman–Crippen MR) is 130 cm³/mol. The minimum atomic E-state index is -0.977. The molecule has 33 heavy (non-hydrogen) atoms. The fraction of sp³-hybridized carbons (Fsp3) is 0.231. The summed E-state index contributed by atoms with van der Waals surface area (Å²) < 4.78 is 14.2. The summed E-state index contributed by atoms with van der Waals surface area (Å²) in [5.41, 5.74) is 3.76. The molecule has 1 aliphatic rings. The largest absolute Gasteiger partial charge is 0.478 e. The highest BCUT2D eigenvalue weighted by Gasteiger charge is 2.22. The molecular formula is C26H27FN4O2. The zero-order valence-corrected chi connectivity index (χ0v) is 18.5. The van der Waals surface area contributed by atoms with Crippen LogP contribution in [-0.4, -0.2) is 48.1 Å². The molecule has 0 atom stereocenters. The molecule has 7 heteroatoms. The maximum atomic E-state index is 14.2. The molecule has 0 spiro atoms. The monoisotopic (exact) mass is 446 g/mol. The molecule has 0 bridgehead atoms. The van der Waals surface area contributed by atoms with Gasteiger partial charge in [-0.15, -0.1) is 0 Å². The number of aromatic carboxylic acids is 1. The number of benzene rings is 3. The molecule has 1 saturated heterocycles. The quantitative estimate of drug-likeness (QED) is 0.442. The second kappa shape index (κ2) is 10.2. The number of rotatable bonds is 5. The van der Waals surface area contributed by atoms with Crippen LogP contribution in [0.15, 0.2) is 77.8 Å². The van der Waals surface area contributed by atoms with Gasteiger partial charge in [0.25, 0.3) is 0 Å². The van der Waals surface area contributed by atoms with Gasteiger partial charge in [0.15, 0.2) is 5.96 Å². The van der Waals surface area contributed by atoms with Gasteiger partial charge in [-0.1, -0.05) is 48.0 Å². The van der Waals surface area contributed by atoms with Gasteiger partial charge in [-0.2, -0.15) is 0 Å². The van der Waals surface area contributed by atoms with E-state index in [1.807, 2.05) is 24.0 Å². The van der Waals surface area contributed by atoms with Crippen molar-refractivity contribution in [3.8, 4) is 0 Å². The predicted octanol–water partition coefficient (Wildman–Crippen LogP) is 4.62. The van der Waals surface area contributed by atoms with E-state index in [4.69, 9.17) is 4.99 Å². The average molecular weight is 447 g/mol. The maximum Gasteiger partial charge on any atom is 0.335 e. The van der Waals surface area contributed by atoms with E-state index >= 15 is 0 Å². The molecule has 6 nitrogen and oxygen atoms in total. The number of anilines is 2. The summed E-state index contributed by atoms with van der Waals surface area (Å²) in [5.74, 6) is -0.524.